The number of aromatic nitrogens is 3. The SMILES string of the molecule is CC[C@@H](NC(=O)N(C)Cc1cc(C2CC2)on1)c1ccnn1C. The fourth-order valence-corrected chi connectivity index (χ4v) is 2.65. The van der Waals surface area contributed by atoms with Crippen LogP contribution in [0.5, 0.6) is 0 Å². The number of carbonyl (C=O) groups excluding carboxylic acids is 1. The third-order valence-corrected chi connectivity index (χ3v) is 4.22. The van der Waals surface area contributed by atoms with E-state index in [1.54, 1.807) is 22.8 Å². The van der Waals surface area contributed by atoms with Gasteiger partial charge in [0, 0.05) is 32.3 Å². The van der Waals surface area contributed by atoms with Gasteiger partial charge in [0.15, 0.2) is 0 Å². The molecule has 124 valence electrons. The van der Waals surface area contributed by atoms with Gasteiger partial charge in [-0.2, -0.15) is 5.10 Å². The Labute approximate surface area is 135 Å². The van der Waals surface area contributed by atoms with Crippen LogP contribution >= 0.6 is 0 Å². The Morgan fingerprint density at radius 1 is 1.57 bits per heavy atom. The molecule has 1 aliphatic rings. The molecule has 2 aromatic heterocycles. The van der Waals surface area contributed by atoms with E-state index in [2.05, 4.69) is 15.6 Å². The molecule has 7 nitrogen and oxygen atoms in total. The van der Waals surface area contributed by atoms with Crippen LogP contribution in [0.25, 0.3) is 0 Å². The van der Waals surface area contributed by atoms with Gasteiger partial charge in [-0.25, -0.2) is 4.79 Å². The molecule has 0 bridgehead atoms. The van der Waals surface area contributed by atoms with Gasteiger partial charge in [0.2, 0.25) is 0 Å². The average Bonchev–Trinajstić information content (AvgIpc) is 3.14. The van der Waals surface area contributed by atoms with E-state index in [9.17, 15) is 4.79 Å². The van der Waals surface area contributed by atoms with Crippen molar-refractivity contribution in [1.29, 1.82) is 0 Å². The van der Waals surface area contributed by atoms with Crippen LogP contribution in [-0.4, -0.2) is 32.9 Å². The van der Waals surface area contributed by atoms with Gasteiger partial charge in [0.25, 0.3) is 0 Å². The number of rotatable bonds is 6. The molecule has 0 unspecified atom stereocenters. The van der Waals surface area contributed by atoms with Crippen molar-refractivity contribution in [3.63, 3.8) is 0 Å². The topological polar surface area (TPSA) is 76.2 Å². The van der Waals surface area contributed by atoms with E-state index >= 15 is 0 Å². The molecule has 1 aliphatic carbocycles. The van der Waals surface area contributed by atoms with Crippen molar-refractivity contribution in [3.8, 4) is 0 Å². The van der Waals surface area contributed by atoms with E-state index < -0.39 is 0 Å². The van der Waals surface area contributed by atoms with Crippen molar-refractivity contribution in [3.05, 3.63) is 35.5 Å². The number of nitrogens with zero attached hydrogens (tertiary/aromatic N) is 4. The third-order valence-electron chi connectivity index (χ3n) is 4.22. The molecule has 0 aromatic carbocycles. The molecule has 7 heteroatoms. The second-order valence-corrected chi connectivity index (χ2v) is 6.14. The summed E-state index contributed by atoms with van der Waals surface area (Å²) >= 11 is 0. The Kier molecular flexibility index (Phi) is 4.36. The maximum Gasteiger partial charge on any atom is 0.318 e. The zero-order chi connectivity index (χ0) is 16.4. The summed E-state index contributed by atoms with van der Waals surface area (Å²) in [6.45, 7) is 2.47. The van der Waals surface area contributed by atoms with Gasteiger partial charge in [-0.3, -0.25) is 4.68 Å². The molecule has 1 N–H and O–H groups in total. The van der Waals surface area contributed by atoms with Gasteiger partial charge in [0.1, 0.15) is 11.5 Å². The van der Waals surface area contributed by atoms with Gasteiger partial charge in [-0.15, -0.1) is 0 Å². The first-order valence-corrected chi connectivity index (χ1v) is 8.03. The summed E-state index contributed by atoms with van der Waals surface area (Å²) in [5.74, 6) is 1.47. The van der Waals surface area contributed by atoms with E-state index in [-0.39, 0.29) is 12.1 Å². The minimum atomic E-state index is -0.131. The van der Waals surface area contributed by atoms with E-state index in [4.69, 9.17) is 4.52 Å². The monoisotopic (exact) mass is 317 g/mol. The maximum absolute atomic E-state index is 12.4. The van der Waals surface area contributed by atoms with Gasteiger partial charge < -0.3 is 14.7 Å². The van der Waals surface area contributed by atoms with Crippen LogP contribution < -0.4 is 5.32 Å². The molecule has 0 radical (unpaired) electrons. The molecular formula is C16H23N5O2. The van der Waals surface area contributed by atoms with Gasteiger partial charge >= 0.3 is 6.03 Å². The summed E-state index contributed by atoms with van der Waals surface area (Å²) in [6.07, 6.45) is 4.89. The smallest absolute Gasteiger partial charge is 0.318 e. The van der Waals surface area contributed by atoms with E-state index in [0.717, 1.165) is 23.6 Å². The molecule has 1 atom stereocenters. The highest BCUT2D eigenvalue weighted by molar-refractivity contribution is 5.74. The van der Waals surface area contributed by atoms with E-state index in [1.807, 2.05) is 26.1 Å². The van der Waals surface area contributed by atoms with Crippen molar-refractivity contribution in [1.82, 2.24) is 25.2 Å². The fourth-order valence-electron chi connectivity index (χ4n) is 2.65. The first-order valence-electron chi connectivity index (χ1n) is 8.03. The number of amides is 2. The van der Waals surface area contributed by atoms with Gasteiger partial charge in [-0.05, 0) is 25.3 Å². The van der Waals surface area contributed by atoms with E-state index in [0.29, 0.717) is 12.5 Å². The van der Waals surface area contributed by atoms with Crippen molar-refractivity contribution in [2.45, 2.75) is 44.7 Å². The first kappa shape index (κ1) is 15.6. The number of hydrogen-bond donors (Lipinski definition) is 1. The molecule has 2 heterocycles. The summed E-state index contributed by atoms with van der Waals surface area (Å²) in [7, 11) is 3.64. The van der Waals surface area contributed by atoms with Crippen LogP contribution in [0.1, 0.15) is 55.3 Å². The maximum atomic E-state index is 12.4. The lowest BCUT2D eigenvalue weighted by Crippen LogP contribution is -2.39. The van der Waals surface area contributed by atoms with Crippen LogP contribution in [0, 0.1) is 0 Å². The normalized spacial score (nSPS) is 15.4. The Morgan fingerprint density at radius 2 is 2.35 bits per heavy atom. The standard InChI is InChI=1S/C16H23N5O2/c1-4-13(14-7-8-17-21(14)3)18-16(22)20(2)10-12-9-15(23-19-12)11-5-6-11/h7-9,11,13H,4-6,10H2,1-3H3,(H,18,22)/t13-/m1/s1. The van der Waals surface area contributed by atoms with Crippen LogP contribution in [0.4, 0.5) is 4.79 Å². The predicted molar refractivity (Wildman–Crippen MR) is 84.7 cm³/mol. The molecule has 3 rings (SSSR count). The number of hydrogen-bond acceptors (Lipinski definition) is 4. The second-order valence-electron chi connectivity index (χ2n) is 6.14. The highest BCUT2D eigenvalue weighted by atomic mass is 16.5. The molecule has 0 saturated heterocycles. The number of carbonyl (C=O) groups is 1. The second kappa shape index (κ2) is 6.44. The van der Waals surface area contributed by atoms with Gasteiger partial charge in [0.05, 0.1) is 18.3 Å². The summed E-state index contributed by atoms with van der Waals surface area (Å²) in [4.78, 5) is 14.0. The van der Waals surface area contributed by atoms with Crippen molar-refractivity contribution < 1.29 is 9.32 Å². The summed E-state index contributed by atoms with van der Waals surface area (Å²) in [5.41, 5.74) is 1.78. The third kappa shape index (κ3) is 3.55. The highest BCUT2D eigenvalue weighted by Gasteiger charge is 2.28. The summed E-state index contributed by atoms with van der Waals surface area (Å²) in [6, 6.07) is 3.69. The van der Waals surface area contributed by atoms with Crippen LogP contribution in [0.3, 0.4) is 0 Å². The Hall–Kier alpha value is -2.31. The minimum Gasteiger partial charge on any atom is -0.361 e. The van der Waals surface area contributed by atoms with E-state index in [1.165, 1.54) is 12.8 Å². The summed E-state index contributed by atoms with van der Waals surface area (Å²) < 4.78 is 7.11. The lowest BCUT2D eigenvalue weighted by Gasteiger charge is -2.22. The number of urea groups is 1. The van der Waals surface area contributed by atoms with Crippen LogP contribution in [0.15, 0.2) is 22.9 Å². The Morgan fingerprint density at radius 3 is 2.96 bits per heavy atom. The van der Waals surface area contributed by atoms with Crippen LogP contribution in [0.2, 0.25) is 0 Å². The molecular weight excluding hydrogens is 294 g/mol. The molecule has 2 aromatic rings. The minimum absolute atomic E-state index is 0.0585. The quantitative estimate of drug-likeness (QED) is 0.888. The Balaban J connectivity index is 1.58. The first-order chi connectivity index (χ1) is 11.1. The summed E-state index contributed by atoms with van der Waals surface area (Å²) in [5, 5.41) is 11.3. The fraction of sp³-hybridized carbons (Fsp3) is 0.562. The lowest BCUT2D eigenvalue weighted by atomic mass is 10.1. The zero-order valence-corrected chi connectivity index (χ0v) is 13.8. The average molecular weight is 317 g/mol. The van der Waals surface area contributed by atoms with Crippen molar-refractivity contribution >= 4 is 6.03 Å². The molecule has 1 saturated carbocycles. The molecule has 23 heavy (non-hydrogen) atoms. The molecule has 0 aliphatic heterocycles. The van der Waals surface area contributed by atoms with Crippen molar-refractivity contribution in [2.24, 2.45) is 7.05 Å². The Bertz CT molecular complexity index is 674. The van der Waals surface area contributed by atoms with Crippen molar-refractivity contribution in [2.75, 3.05) is 7.05 Å². The molecule has 1 fully saturated rings. The molecule has 2 amide bonds. The lowest BCUT2D eigenvalue weighted by molar-refractivity contribution is 0.200. The van der Waals surface area contributed by atoms with Crippen LogP contribution in [-0.2, 0) is 13.6 Å². The van der Waals surface area contributed by atoms with Gasteiger partial charge in [-0.1, -0.05) is 12.1 Å². The number of aryl methyl sites for hydroxylation is 1. The zero-order valence-electron chi connectivity index (χ0n) is 13.8. The predicted octanol–water partition coefficient (Wildman–Crippen LogP) is 2.58. The number of nitrogens with one attached hydrogen (secondary N) is 1. The highest BCUT2D eigenvalue weighted by Crippen LogP contribution is 2.40. The molecule has 0 spiro atoms. The largest absolute Gasteiger partial charge is 0.361 e.